The lowest BCUT2D eigenvalue weighted by atomic mass is 10.1. The topological polar surface area (TPSA) is 88.9 Å². The van der Waals surface area contributed by atoms with Gasteiger partial charge in [-0.15, -0.1) is 0 Å². The van der Waals surface area contributed by atoms with Gasteiger partial charge in [0.15, 0.2) is 5.65 Å². The van der Waals surface area contributed by atoms with Crippen LogP contribution >= 0.6 is 11.6 Å². The molecule has 0 spiro atoms. The molecule has 0 amide bonds. The second-order valence-corrected chi connectivity index (χ2v) is 7.60. The molecule has 1 aliphatic heterocycles. The fourth-order valence-electron chi connectivity index (χ4n) is 3.64. The number of piperidine rings is 1. The lowest BCUT2D eigenvalue weighted by Crippen LogP contribution is -2.42. The number of halogens is 1. The van der Waals surface area contributed by atoms with E-state index in [-0.39, 0.29) is 11.7 Å². The second kappa shape index (κ2) is 7.79. The summed E-state index contributed by atoms with van der Waals surface area (Å²) in [6.07, 6.45) is 4.86. The van der Waals surface area contributed by atoms with Gasteiger partial charge >= 0.3 is 0 Å². The zero-order valence-corrected chi connectivity index (χ0v) is 16.8. The Kier molecular flexibility index (Phi) is 4.84. The van der Waals surface area contributed by atoms with Crippen LogP contribution in [0.1, 0.15) is 12.8 Å². The quantitative estimate of drug-likeness (QED) is 0.543. The molecule has 0 bridgehead atoms. The maximum absolute atomic E-state index is 12.7. The minimum absolute atomic E-state index is 0.0625. The minimum atomic E-state index is -0.209. The first-order valence-corrected chi connectivity index (χ1v) is 10.1. The molecule has 4 aromatic rings. The van der Waals surface area contributed by atoms with Crippen LogP contribution in [0.3, 0.4) is 0 Å². The number of aromatic amines is 1. The van der Waals surface area contributed by atoms with Gasteiger partial charge in [-0.1, -0.05) is 29.8 Å². The highest BCUT2D eigenvalue weighted by atomic mass is 35.5. The molecular formula is C21H19ClN6O2. The number of benzene rings is 1. The van der Waals surface area contributed by atoms with E-state index in [9.17, 15) is 4.79 Å². The highest BCUT2D eigenvalue weighted by Gasteiger charge is 2.24. The van der Waals surface area contributed by atoms with Crippen LogP contribution in [-0.2, 0) is 0 Å². The van der Waals surface area contributed by atoms with Crippen LogP contribution in [0.4, 0.5) is 5.95 Å². The molecule has 1 atom stereocenters. The Hall–Kier alpha value is -3.39. The van der Waals surface area contributed by atoms with Crippen molar-refractivity contribution in [2.75, 3.05) is 18.0 Å². The summed E-state index contributed by atoms with van der Waals surface area (Å²) in [6.45, 7) is 1.38. The molecule has 0 saturated carbocycles. The number of hydrogen-bond acceptors (Lipinski definition) is 6. The van der Waals surface area contributed by atoms with Gasteiger partial charge in [-0.25, -0.2) is 9.67 Å². The largest absolute Gasteiger partial charge is 0.472 e. The molecule has 1 aromatic carbocycles. The van der Waals surface area contributed by atoms with Gasteiger partial charge in [-0.2, -0.15) is 10.1 Å². The van der Waals surface area contributed by atoms with Crippen molar-refractivity contribution >= 4 is 28.6 Å². The number of ether oxygens (including phenoxy) is 1. The van der Waals surface area contributed by atoms with Crippen molar-refractivity contribution in [1.29, 1.82) is 0 Å². The fourth-order valence-corrected chi connectivity index (χ4v) is 3.76. The number of rotatable bonds is 4. The Bertz CT molecular complexity index is 1220. The maximum atomic E-state index is 12.7. The highest BCUT2D eigenvalue weighted by Crippen LogP contribution is 2.22. The van der Waals surface area contributed by atoms with Gasteiger partial charge in [0.2, 0.25) is 11.8 Å². The smallest absolute Gasteiger partial charge is 0.263 e. The van der Waals surface area contributed by atoms with Gasteiger partial charge in [-0.3, -0.25) is 9.78 Å². The SMILES string of the molecule is O=c1[nH]c(N2CCCC(Oc3ccc(Cl)cn3)C2)nc2c1cnn2-c1ccccc1. The van der Waals surface area contributed by atoms with Gasteiger partial charge in [0.1, 0.15) is 11.5 Å². The molecule has 0 radical (unpaired) electrons. The predicted molar refractivity (Wildman–Crippen MR) is 115 cm³/mol. The van der Waals surface area contributed by atoms with Crippen LogP contribution in [0, 0.1) is 0 Å². The van der Waals surface area contributed by atoms with Crippen LogP contribution in [0.15, 0.2) is 59.7 Å². The number of H-pyrrole nitrogens is 1. The third-order valence-electron chi connectivity index (χ3n) is 5.09. The number of nitrogens with one attached hydrogen (secondary N) is 1. The number of hydrogen-bond donors (Lipinski definition) is 1. The summed E-state index contributed by atoms with van der Waals surface area (Å²) in [6, 6.07) is 13.2. The monoisotopic (exact) mass is 422 g/mol. The third kappa shape index (κ3) is 3.61. The van der Waals surface area contributed by atoms with E-state index in [1.165, 1.54) is 0 Å². The van der Waals surface area contributed by atoms with Crippen LogP contribution in [-0.4, -0.2) is 43.9 Å². The Morgan fingerprint density at radius 2 is 2.00 bits per heavy atom. The number of anilines is 1. The molecule has 1 aliphatic rings. The van der Waals surface area contributed by atoms with E-state index in [2.05, 4.69) is 15.1 Å². The molecule has 1 saturated heterocycles. The Morgan fingerprint density at radius 3 is 2.80 bits per heavy atom. The lowest BCUT2D eigenvalue weighted by Gasteiger charge is -2.32. The zero-order chi connectivity index (χ0) is 20.5. The number of pyridine rings is 1. The first-order chi connectivity index (χ1) is 14.7. The van der Waals surface area contributed by atoms with E-state index in [1.807, 2.05) is 35.2 Å². The van der Waals surface area contributed by atoms with E-state index in [1.54, 1.807) is 29.2 Å². The van der Waals surface area contributed by atoms with E-state index >= 15 is 0 Å². The molecule has 0 aliphatic carbocycles. The molecule has 4 heterocycles. The third-order valence-corrected chi connectivity index (χ3v) is 5.32. The summed E-state index contributed by atoms with van der Waals surface area (Å²) < 4.78 is 7.69. The van der Waals surface area contributed by atoms with Gasteiger partial charge < -0.3 is 9.64 Å². The van der Waals surface area contributed by atoms with Crippen molar-refractivity contribution in [3.63, 3.8) is 0 Å². The van der Waals surface area contributed by atoms with E-state index in [0.29, 0.717) is 34.4 Å². The number of nitrogens with zero attached hydrogens (tertiary/aromatic N) is 5. The Balaban J connectivity index is 1.43. The second-order valence-electron chi connectivity index (χ2n) is 7.16. The summed E-state index contributed by atoms with van der Waals surface area (Å²) >= 11 is 5.89. The van der Waals surface area contributed by atoms with E-state index in [0.717, 1.165) is 25.1 Å². The van der Waals surface area contributed by atoms with Gasteiger partial charge in [0, 0.05) is 18.8 Å². The van der Waals surface area contributed by atoms with Crippen molar-refractivity contribution in [3.8, 4) is 11.6 Å². The normalized spacial score (nSPS) is 16.7. The van der Waals surface area contributed by atoms with Crippen molar-refractivity contribution in [2.45, 2.75) is 18.9 Å². The van der Waals surface area contributed by atoms with Gasteiger partial charge in [-0.05, 0) is 31.0 Å². The van der Waals surface area contributed by atoms with E-state index in [4.69, 9.17) is 21.3 Å². The van der Waals surface area contributed by atoms with Crippen LogP contribution in [0.2, 0.25) is 5.02 Å². The molecule has 152 valence electrons. The number of para-hydroxylation sites is 1. The summed E-state index contributed by atoms with van der Waals surface area (Å²) in [5.41, 5.74) is 1.17. The summed E-state index contributed by atoms with van der Waals surface area (Å²) in [5.74, 6) is 1.05. The maximum Gasteiger partial charge on any atom is 0.263 e. The Labute approximate surface area is 177 Å². The van der Waals surface area contributed by atoms with E-state index < -0.39 is 0 Å². The van der Waals surface area contributed by atoms with Crippen molar-refractivity contribution in [3.05, 3.63) is 70.2 Å². The number of aromatic nitrogens is 5. The summed E-state index contributed by atoms with van der Waals surface area (Å²) in [7, 11) is 0. The van der Waals surface area contributed by atoms with Gasteiger partial charge in [0.25, 0.3) is 5.56 Å². The average Bonchev–Trinajstić information content (AvgIpc) is 3.21. The highest BCUT2D eigenvalue weighted by molar-refractivity contribution is 6.30. The molecule has 1 unspecified atom stereocenters. The molecule has 30 heavy (non-hydrogen) atoms. The molecular weight excluding hydrogens is 404 g/mol. The lowest BCUT2D eigenvalue weighted by molar-refractivity contribution is 0.171. The predicted octanol–water partition coefficient (Wildman–Crippen LogP) is 3.21. The van der Waals surface area contributed by atoms with Crippen molar-refractivity contribution < 1.29 is 4.74 Å². The van der Waals surface area contributed by atoms with Crippen LogP contribution < -0.4 is 15.2 Å². The van der Waals surface area contributed by atoms with Crippen molar-refractivity contribution in [1.82, 2.24) is 24.7 Å². The minimum Gasteiger partial charge on any atom is -0.472 e. The van der Waals surface area contributed by atoms with Gasteiger partial charge in [0.05, 0.1) is 23.5 Å². The summed E-state index contributed by atoms with van der Waals surface area (Å²) in [5, 5.41) is 5.39. The standard InChI is InChI=1S/C21H19ClN6O2/c22-14-8-9-18(23-11-14)30-16-7-4-10-27(13-16)21-25-19-17(20(29)26-21)12-24-28(19)15-5-2-1-3-6-15/h1-3,5-6,8-9,11-12,16H,4,7,10,13H2,(H,25,26,29). The van der Waals surface area contributed by atoms with Crippen LogP contribution in [0.5, 0.6) is 5.88 Å². The van der Waals surface area contributed by atoms with Crippen molar-refractivity contribution in [2.24, 2.45) is 0 Å². The van der Waals surface area contributed by atoms with Crippen LogP contribution in [0.25, 0.3) is 16.7 Å². The summed E-state index contributed by atoms with van der Waals surface area (Å²) in [4.78, 5) is 26.5. The first kappa shape index (κ1) is 18.6. The molecule has 9 heteroatoms. The fraction of sp³-hybridized carbons (Fsp3) is 0.238. The molecule has 1 N–H and O–H groups in total. The molecule has 5 rings (SSSR count). The zero-order valence-electron chi connectivity index (χ0n) is 16.0. The molecule has 3 aromatic heterocycles. The number of fused-ring (bicyclic) bond motifs is 1. The average molecular weight is 423 g/mol. The molecule has 1 fully saturated rings. The molecule has 8 nitrogen and oxygen atoms in total. The Morgan fingerprint density at radius 1 is 1.13 bits per heavy atom. The first-order valence-electron chi connectivity index (χ1n) is 9.74.